The number of pyridine rings is 1. The number of aryl methyl sites for hydroxylation is 2. The van der Waals surface area contributed by atoms with Crippen LogP contribution in [0.4, 0.5) is 0 Å². The number of rotatable bonds is 6. The van der Waals surface area contributed by atoms with Crippen molar-refractivity contribution >= 4 is 10.9 Å². The zero-order chi connectivity index (χ0) is 20.4. The van der Waals surface area contributed by atoms with Gasteiger partial charge in [0.1, 0.15) is 7.05 Å². The molecule has 156 valence electrons. The highest BCUT2D eigenvalue weighted by Crippen LogP contribution is 2.43. The second-order valence-electron chi connectivity index (χ2n) is 6.40. The van der Waals surface area contributed by atoms with Crippen LogP contribution < -0.4 is 52.2 Å². The molecule has 0 aliphatic heterocycles. The predicted molar refractivity (Wildman–Crippen MR) is 108 cm³/mol. The van der Waals surface area contributed by atoms with Gasteiger partial charge in [0.2, 0.25) is 11.3 Å². The number of ether oxygens (including phenoxy) is 5. The van der Waals surface area contributed by atoms with Crippen LogP contribution in [-0.2, 0) is 7.05 Å². The van der Waals surface area contributed by atoms with E-state index < -0.39 is 0 Å². The number of methoxy groups -OCH3 is 5. The second kappa shape index (κ2) is 9.39. The van der Waals surface area contributed by atoms with Gasteiger partial charge >= 0.3 is 0 Å². The molecule has 3 aromatic rings. The highest BCUT2D eigenvalue weighted by Gasteiger charge is 2.21. The zero-order valence-electron chi connectivity index (χ0n) is 17.8. The largest absolute Gasteiger partial charge is 1.00 e. The van der Waals surface area contributed by atoms with Crippen LogP contribution >= 0.6 is 0 Å². The molecule has 0 aliphatic rings. The van der Waals surface area contributed by atoms with Crippen LogP contribution in [0.1, 0.15) is 5.69 Å². The summed E-state index contributed by atoms with van der Waals surface area (Å²) in [6, 6.07) is 10.0. The van der Waals surface area contributed by atoms with Crippen LogP contribution in [0.25, 0.3) is 22.0 Å². The van der Waals surface area contributed by atoms with Gasteiger partial charge in [-0.2, -0.15) is 4.57 Å². The fourth-order valence-corrected chi connectivity index (χ4v) is 3.41. The molecule has 0 fully saturated rings. The van der Waals surface area contributed by atoms with Gasteiger partial charge in [-0.05, 0) is 23.8 Å². The van der Waals surface area contributed by atoms with Gasteiger partial charge in [-0.3, -0.25) is 0 Å². The minimum atomic E-state index is 0. The number of fused-ring (bicyclic) bond motifs is 1. The number of aromatic nitrogens is 1. The summed E-state index contributed by atoms with van der Waals surface area (Å²) in [5.41, 5.74) is 4.12. The molecule has 0 radical (unpaired) electrons. The third-order valence-electron chi connectivity index (χ3n) is 5.01. The topological polar surface area (TPSA) is 50.0 Å². The Labute approximate surface area is 188 Å². The first-order valence-electron chi connectivity index (χ1n) is 8.84. The molecule has 0 unspecified atom stereocenters. The van der Waals surface area contributed by atoms with E-state index in [9.17, 15) is 0 Å². The van der Waals surface area contributed by atoms with E-state index >= 15 is 0 Å². The van der Waals surface area contributed by atoms with E-state index in [1.165, 1.54) is 0 Å². The Morgan fingerprint density at radius 1 is 0.655 bits per heavy atom. The number of hydrogen-bond acceptors (Lipinski definition) is 5. The lowest BCUT2D eigenvalue weighted by Crippen LogP contribution is -3.00. The van der Waals surface area contributed by atoms with Crippen molar-refractivity contribution in [2.24, 2.45) is 7.05 Å². The van der Waals surface area contributed by atoms with E-state index in [0.29, 0.717) is 28.7 Å². The third kappa shape index (κ3) is 4.01. The molecule has 0 spiro atoms. The molecule has 1 heterocycles. The Morgan fingerprint density at radius 3 is 1.66 bits per heavy atom. The average molecular weight is 511 g/mol. The minimum Gasteiger partial charge on any atom is -1.00 e. The molecule has 0 N–H and O–H groups in total. The van der Waals surface area contributed by atoms with Crippen molar-refractivity contribution in [3.63, 3.8) is 0 Å². The maximum Gasteiger partial charge on any atom is 0.217 e. The Bertz CT molecular complexity index is 1010. The minimum absolute atomic E-state index is 0. The van der Waals surface area contributed by atoms with Gasteiger partial charge in [0.05, 0.1) is 47.0 Å². The molecule has 0 bridgehead atoms. The Balaban J connectivity index is 0.00000300. The fourth-order valence-electron chi connectivity index (χ4n) is 3.41. The van der Waals surface area contributed by atoms with E-state index in [1.807, 2.05) is 31.3 Å². The van der Waals surface area contributed by atoms with Crippen molar-refractivity contribution in [1.29, 1.82) is 0 Å². The Morgan fingerprint density at radius 2 is 1.17 bits per heavy atom. The van der Waals surface area contributed by atoms with Crippen molar-refractivity contribution in [1.82, 2.24) is 0 Å². The molecule has 0 amide bonds. The maximum absolute atomic E-state index is 5.53. The third-order valence-corrected chi connectivity index (χ3v) is 5.01. The first-order valence-corrected chi connectivity index (χ1v) is 8.84. The van der Waals surface area contributed by atoms with Crippen molar-refractivity contribution in [3.8, 4) is 39.9 Å². The van der Waals surface area contributed by atoms with Crippen LogP contribution in [0.15, 0.2) is 30.3 Å². The summed E-state index contributed by atoms with van der Waals surface area (Å²) >= 11 is 0. The molecule has 0 aliphatic carbocycles. The summed E-state index contributed by atoms with van der Waals surface area (Å²) in [5, 5.41) is 1.03. The van der Waals surface area contributed by atoms with Crippen molar-refractivity contribution in [3.05, 3.63) is 36.0 Å². The molecule has 6 nitrogen and oxygen atoms in total. The van der Waals surface area contributed by atoms with Gasteiger partial charge in [0.25, 0.3) is 0 Å². The molecule has 0 saturated carbocycles. The summed E-state index contributed by atoms with van der Waals surface area (Å²) in [7, 11) is 10.1. The van der Waals surface area contributed by atoms with E-state index in [1.54, 1.807) is 35.5 Å². The molecule has 29 heavy (non-hydrogen) atoms. The molecule has 0 saturated heterocycles. The number of halogens is 1. The molecule has 7 heteroatoms. The number of hydrogen-bond donors (Lipinski definition) is 0. The molecular formula is C22H26INO5. The summed E-state index contributed by atoms with van der Waals surface area (Å²) in [6.45, 7) is 2.07. The van der Waals surface area contributed by atoms with Gasteiger partial charge < -0.3 is 47.7 Å². The van der Waals surface area contributed by atoms with E-state index in [4.69, 9.17) is 23.7 Å². The summed E-state index contributed by atoms with van der Waals surface area (Å²) in [6.07, 6.45) is 0. The van der Waals surface area contributed by atoms with Gasteiger partial charge in [0.15, 0.2) is 28.7 Å². The van der Waals surface area contributed by atoms with Crippen LogP contribution in [0.2, 0.25) is 0 Å². The Kier molecular flexibility index (Phi) is 7.40. The molecular weight excluding hydrogens is 485 g/mol. The van der Waals surface area contributed by atoms with Gasteiger partial charge in [0, 0.05) is 18.6 Å². The quantitative estimate of drug-likeness (QED) is 0.360. The first kappa shape index (κ1) is 22.9. The maximum atomic E-state index is 5.53. The molecule has 1 aromatic heterocycles. The second-order valence-corrected chi connectivity index (χ2v) is 6.40. The number of nitrogens with zero attached hydrogens (tertiary/aromatic N) is 1. The van der Waals surface area contributed by atoms with Crippen LogP contribution in [-0.4, -0.2) is 35.5 Å². The summed E-state index contributed by atoms with van der Waals surface area (Å²) in [5.74, 6) is 3.14. The Hall–Kier alpha value is -2.42. The van der Waals surface area contributed by atoms with Gasteiger partial charge in [-0.1, -0.05) is 0 Å². The van der Waals surface area contributed by atoms with Crippen molar-refractivity contribution in [2.75, 3.05) is 35.5 Å². The molecule has 3 rings (SSSR count). The first-order chi connectivity index (χ1) is 13.5. The lowest BCUT2D eigenvalue weighted by Gasteiger charge is -2.16. The van der Waals surface area contributed by atoms with Crippen LogP contribution in [0.3, 0.4) is 0 Å². The zero-order valence-corrected chi connectivity index (χ0v) is 19.9. The lowest BCUT2D eigenvalue weighted by atomic mass is 9.98. The summed E-state index contributed by atoms with van der Waals surface area (Å²) < 4.78 is 29.7. The molecule has 0 atom stereocenters. The summed E-state index contributed by atoms with van der Waals surface area (Å²) in [4.78, 5) is 0. The van der Waals surface area contributed by atoms with E-state index in [0.717, 1.165) is 27.7 Å². The number of benzene rings is 2. The van der Waals surface area contributed by atoms with Crippen molar-refractivity contribution < 1.29 is 52.2 Å². The van der Waals surface area contributed by atoms with E-state index in [2.05, 4.69) is 17.6 Å². The SMILES string of the molecule is COc1cc2c(-c3cc(OC)c(OC)c(OC)c3)cc(C)[n+](C)c2cc1OC.[I-]. The van der Waals surface area contributed by atoms with Gasteiger partial charge in [-0.15, -0.1) is 0 Å². The fraction of sp³-hybridized carbons (Fsp3) is 0.318. The smallest absolute Gasteiger partial charge is 0.217 e. The normalized spacial score (nSPS) is 10.3. The van der Waals surface area contributed by atoms with Crippen LogP contribution in [0.5, 0.6) is 28.7 Å². The molecule has 2 aromatic carbocycles. The van der Waals surface area contributed by atoms with Gasteiger partial charge in [-0.25, -0.2) is 0 Å². The monoisotopic (exact) mass is 511 g/mol. The average Bonchev–Trinajstić information content (AvgIpc) is 2.73. The van der Waals surface area contributed by atoms with Crippen LogP contribution in [0, 0.1) is 6.92 Å². The van der Waals surface area contributed by atoms with E-state index in [-0.39, 0.29) is 24.0 Å². The standard InChI is InChI=1S/C22H26NO5.HI/c1-13-8-15(14-9-20(26-5)22(28-7)21(10-14)27-6)16-11-18(24-3)19(25-4)12-17(16)23(13)2;/h8-12H,1-7H3;1H/q+1;/p-1. The van der Waals surface area contributed by atoms with Crippen molar-refractivity contribution in [2.45, 2.75) is 6.92 Å². The predicted octanol–water partition coefficient (Wildman–Crippen LogP) is 0.687. The lowest BCUT2D eigenvalue weighted by molar-refractivity contribution is -0.651. The highest BCUT2D eigenvalue weighted by molar-refractivity contribution is 5.95. The highest BCUT2D eigenvalue weighted by atomic mass is 127.